The summed E-state index contributed by atoms with van der Waals surface area (Å²) in [7, 11) is 0. The Morgan fingerprint density at radius 2 is 1.96 bits per heavy atom. The third-order valence-electron chi connectivity index (χ3n) is 3.09. The van der Waals surface area contributed by atoms with E-state index >= 15 is 0 Å². The monoisotopic (exact) mass is 422 g/mol. The van der Waals surface area contributed by atoms with Crippen molar-refractivity contribution < 1.29 is 9.18 Å². The van der Waals surface area contributed by atoms with E-state index in [4.69, 9.17) is 0 Å². The third-order valence-corrected chi connectivity index (χ3v) is 5.79. The molecule has 0 spiro atoms. The number of hydrogen-bond acceptors (Lipinski definition) is 5. The van der Waals surface area contributed by atoms with Gasteiger partial charge in [-0.15, -0.1) is 11.3 Å². The predicted molar refractivity (Wildman–Crippen MR) is 101 cm³/mol. The van der Waals surface area contributed by atoms with E-state index < -0.39 is 0 Å². The first-order chi connectivity index (χ1) is 11.6. The predicted octanol–water partition coefficient (Wildman–Crippen LogP) is 5.44. The van der Waals surface area contributed by atoms with Crippen LogP contribution in [0.15, 0.2) is 63.3 Å². The van der Waals surface area contributed by atoms with Crippen molar-refractivity contribution in [2.45, 2.75) is 4.90 Å². The van der Waals surface area contributed by atoms with Gasteiger partial charge in [-0.05, 0) is 64.1 Å². The van der Waals surface area contributed by atoms with Crippen LogP contribution in [0.1, 0.15) is 0 Å². The minimum absolute atomic E-state index is 0.000400. The lowest BCUT2D eigenvalue weighted by Gasteiger charge is -2.04. The van der Waals surface area contributed by atoms with Crippen LogP contribution in [0.4, 0.5) is 9.52 Å². The maximum atomic E-state index is 13.0. The molecule has 0 saturated carbocycles. The molecule has 24 heavy (non-hydrogen) atoms. The van der Waals surface area contributed by atoms with Crippen LogP contribution in [0.3, 0.4) is 0 Å². The summed E-state index contributed by atoms with van der Waals surface area (Å²) in [6, 6.07) is 13.8. The Morgan fingerprint density at radius 1 is 1.21 bits per heavy atom. The summed E-state index contributed by atoms with van der Waals surface area (Å²) < 4.78 is 13.9. The van der Waals surface area contributed by atoms with Crippen molar-refractivity contribution in [2.75, 3.05) is 11.9 Å². The second kappa shape index (κ2) is 7.92. The van der Waals surface area contributed by atoms with Crippen molar-refractivity contribution in [1.82, 2.24) is 4.98 Å². The Hall–Kier alpha value is -1.70. The largest absolute Gasteiger partial charge is 0.353 e. The maximum Gasteiger partial charge on any atom is 0.212 e. The number of carbonyl (C=O) groups is 1. The van der Waals surface area contributed by atoms with E-state index in [1.807, 2.05) is 29.6 Å². The van der Waals surface area contributed by atoms with Gasteiger partial charge in [-0.25, -0.2) is 9.37 Å². The van der Waals surface area contributed by atoms with E-state index in [0.717, 1.165) is 20.6 Å². The molecule has 0 atom stereocenters. The van der Waals surface area contributed by atoms with Gasteiger partial charge in [0.05, 0.1) is 12.2 Å². The van der Waals surface area contributed by atoms with Gasteiger partial charge < -0.3 is 5.32 Å². The number of nitrogens with zero attached hydrogens (tertiary/aromatic N) is 1. The van der Waals surface area contributed by atoms with Crippen LogP contribution in [0.5, 0.6) is 0 Å². The van der Waals surface area contributed by atoms with Gasteiger partial charge >= 0.3 is 0 Å². The summed E-state index contributed by atoms with van der Waals surface area (Å²) in [6.45, 7) is 0.183. The Morgan fingerprint density at radius 3 is 2.71 bits per heavy atom. The van der Waals surface area contributed by atoms with Crippen molar-refractivity contribution in [1.29, 1.82) is 0 Å². The van der Waals surface area contributed by atoms with Crippen LogP contribution in [0, 0.1) is 5.82 Å². The van der Waals surface area contributed by atoms with Gasteiger partial charge in [0.1, 0.15) is 5.82 Å². The van der Waals surface area contributed by atoms with Gasteiger partial charge in [-0.1, -0.05) is 12.1 Å². The summed E-state index contributed by atoms with van der Waals surface area (Å²) in [5.74, 6) is -0.276. The maximum absolute atomic E-state index is 13.0. The molecule has 3 rings (SSSR count). The Labute approximate surface area is 155 Å². The number of nitrogens with one attached hydrogen (secondary N) is 1. The number of halogens is 2. The zero-order valence-corrected chi connectivity index (χ0v) is 15.6. The molecule has 1 aromatic heterocycles. The highest BCUT2D eigenvalue weighted by molar-refractivity contribution is 9.10. The highest BCUT2D eigenvalue weighted by Gasteiger charge is 2.09. The van der Waals surface area contributed by atoms with Gasteiger partial charge in [0.15, 0.2) is 5.13 Å². The molecular weight excluding hydrogens is 411 g/mol. The van der Waals surface area contributed by atoms with Gasteiger partial charge in [0.25, 0.3) is 0 Å². The molecule has 1 heterocycles. The Balaban J connectivity index is 1.58. The molecule has 0 amide bonds. The van der Waals surface area contributed by atoms with Gasteiger partial charge in [0.2, 0.25) is 5.12 Å². The van der Waals surface area contributed by atoms with E-state index in [2.05, 4.69) is 26.2 Å². The first-order valence-electron chi connectivity index (χ1n) is 7.02. The van der Waals surface area contributed by atoms with E-state index in [1.165, 1.54) is 35.2 Å². The minimum atomic E-state index is -0.276. The standard InChI is InChI=1S/C17H12BrFN2OS2/c18-13-3-1-2-4-15(13)24-16(22)9-20-17-21-14(10-23-17)11-5-7-12(19)8-6-11/h1-8,10H,9H2,(H,20,21). The second-order valence-electron chi connectivity index (χ2n) is 4.80. The van der Waals surface area contributed by atoms with Crippen molar-refractivity contribution in [3.63, 3.8) is 0 Å². The topological polar surface area (TPSA) is 42.0 Å². The molecule has 0 bridgehead atoms. The minimum Gasteiger partial charge on any atom is -0.353 e. The number of thioether (sulfide) groups is 1. The summed E-state index contributed by atoms with van der Waals surface area (Å²) in [4.78, 5) is 17.4. The zero-order valence-electron chi connectivity index (χ0n) is 12.3. The lowest BCUT2D eigenvalue weighted by molar-refractivity contribution is -0.109. The van der Waals surface area contributed by atoms with Crippen molar-refractivity contribution in [3.05, 3.63) is 64.2 Å². The SMILES string of the molecule is O=C(CNc1nc(-c2ccc(F)cc2)cs1)Sc1ccccc1Br. The lowest BCUT2D eigenvalue weighted by Crippen LogP contribution is -2.10. The fourth-order valence-corrected chi connectivity index (χ4v) is 3.89. The van der Waals surface area contributed by atoms with Crippen LogP contribution in [-0.4, -0.2) is 16.6 Å². The summed E-state index contributed by atoms with van der Waals surface area (Å²) in [5, 5.41) is 5.57. The molecule has 0 unspecified atom stereocenters. The average molecular weight is 423 g/mol. The molecule has 7 heteroatoms. The molecule has 0 saturated heterocycles. The van der Waals surface area contributed by atoms with Gasteiger partial charge in [0, 0.05) is 20.3 Å². The molecule has 3 aromatic rings. The number of hydrogen-bond donors (Lipinski definition) is 1. The normalized spacial score (nSPS) is 10.6. The molecule has 3 nitrogen and oxygen atoms in total. The van der Waals surface area contributed by atoms with Gasteiger partial charge in [-0.2, -0.15) is 0 Å². The summed E-state index contributed by atoms with van der Waals surface area (Å²) >= 11 is 6.02. The highest BCUT2D eigenvalue weighted by atomic mass is 79.9. The first-order valence-corrected chi connectivity index (χ1v) is 9.51. The van der Waals surface area contributed by atoms with Crippen LogP contribution in [0.25, 0.3) is 11.3 Å². The van der Waals surface area contributed by atoms with Crippen molar-refractivity contribution in [3.8, 4) is 11.3 Å². The number of anilines is 1. The number of rotatable bonds is 5. The molecule has 122 valence electrons. The zero-order chi connectivity index (χ0) is 16.9. The number of carbonyl (C=O) groups excluding carboxylic acids is 1. The molecule has 0 aliphatic carbocycles. The average Bonchev–Trinajstić information content (AvgIpc) is 3.05. The molecule has 0 aliphatic heterocycles. The van der Waals surface area contributed by atoms with Crippen molar-refractivity contribution >= 4 is 49.3 Å². The Kier molecular flexibility index (Phi) is 5.65. The summed E-state index contributed by atoms with van der Waals surface area (Å²) in [5.41, 5.74) is 1.60. The second-order valence-corrected chi connectivity index (χ2v) is 7.61. The molecular formula is C17H12BrFN2OS2. The van der Waals surface area contributed by atoms with Gasteiger partial charge in [-0.3, -0.25) is 4.79 Å². The lowest BCUT2D eigenvalue weighted by atomic mass is 10.2. The molecule has 0 radical (unpaired) electrons. The molecule has 2 aromatic carbocycles. The van der Waals surface area contributed by atoms with E-state index in [-0.39, 0.29) is 17.5 Å². The van der Waals surface area contributed by atoms with Crippen LogP contribution >= 0.6 is 39.0 Å². The van der Waals surface area contributed by atoms with Crippen LogP contribution in [0.2, 0.25) is 0 Å². The number of benzene rings is 2. The van der Waals surface area contributed by atoms with E-state index in [9.17, 15) is 9.18 Å². The fourth-order valence-electron chi connectivity index (χ4n) is 1.94. The molecule has 1 N–H and O–H groups in total. The quantitative estimate of drug-likeness (QED) is 0.555. The van der Waals surface area contributed by atoms with E-state index in [1.54, 1.807) is 12.1 Å². The summed E-state index contributed by atoms with van der Waals surface area (Å²) in [6.07, 6.45) is 0. The van der Waals surface area contributed by atoms with Crippen LogP contribution in [-0.2, 0) is 4.79 Å². The third kappa shape index (κ3) is 4.43. The molecule has 0 fully saturated rings. The highest BCUT2D eigenvalue weighted by Crippen LogP contribution is 2.28. The fraction of sp³-hybridized carbons (Fsp3) is 0.0588. The van der Waals surface area contributed by atoms with Crippen LogP contribution < -0.4 is 5.32 Å². The molecule has 0 aliphatic rings. The van der Waals surface area contributed by atoms with E-state index in [0.29, 0.717) is 5.13 Å². The van der Waals surface area contributed by atoms with Crippen molar-refractivity contribution in [2.24, 2.45) is 0 Å². The number of thiazole rings is 1. The Bertz CT molecular complexity index is 852. The number of aromatic nitrogens is 1. The smallest absolute Gasteiger partial charge is 0.212 e. The first kappa shape index (κ1) is 17.1.